The molecule has 0 aromatic carbocycles. The van der Waals surface area contributed by atoms with Crippen LogP contribution >= 0.6 is 0 Å². The van der Waals surface area contributed by atoms with Gasteiger partial charge in [0, 0.05) is 17.8 Å². The molecule has 4 aromatic rings. The molecule has 9 heteroatoms. The number of fused-ring (bicyclic) bond motifs is 2. The van der Waals surface area contributed by atoms with E-state index >= 15 is 0 Å². The molecule has 1 aliphatic rings. The number of hydrogen-bond donors (Lipinski definition) is 2. The summed E-state index contributed by atoms with van der Waals surface area (Å²) < 4.78 is 16.5. The Balaban J connectivity index is 1.45. The SMILES string of the molecule is Cc1nc2ccc(-c3ccn4nc(NC5CCC(O)CC5)ncc34)nc2n1CCF. The second kappa shape index (κ2) is 7.64. The van der Waals surface area contributed by atoms with Gasteiger partial charge >= 0.3 is 0 Å². The minimum absolute atomic E-state index is 0.187. The Morgan fingerprint density at radius 3 is 2.80 bits per heavy atom. The second-order valence-corrected chi connectivity index (χ2v) is 7.83. The third-order valence-corrected chi connectivity index (χ3v) is 5.81. The maximum atomic E-state index is 13.0. The molecule has 156 valence electrons. The minimum Gasteiger partial charge on any atom is -0.393 e. The van der Waals surface area contributed by atoms with Gasteiger partial charge in [-0.25, -0.2) is 23.9 Å². The number of aromatic nitrogens is 6. The van der Waals surface area contributed by atoms with E-state index < -0.39 is 6.67 Å². The van der Waals surface area contributed by atoms with Crippen molar-refractivity contribution in [1.82, 2.24) is 29.1 Å². The molecule has 0 aliphatic heterocycles. The van der Waals surface area contributed by atoms with E-state index in [1.165, 1.54) is 0 Å². The summed E-state index contributed by atoms with van der Waals surface area (Å²) in [5.74, 6) is 1.33. The lowest BCUT2D eigenvalue weighted by Crippen LogP contribution is -2.29. The highest BCUT2D eigenvalue weighted by Gasteiger charge is 2.20. The fourth-order valence-electron chi connectivity index (χ4n) is 4.20. The molecular weight excluding hydrogens is 385 g/mol. The number of anilines is 1. The fourth-order valence-corrected chi connectivity index (χ4v) is 4.20. The van der Waals surface area contributed by atoms with E-state index in [1.54, 1.807) is 15.3 Å². The summed E-state index contributed by atoms with van der Waals surface area (Å²) in [7, 11) is 0. The second-order valence-electron chi connectivity index (χ2n) is 7.83. The lowest BCUT2D eigenvalue weighted by Gasteiger charge is -2.26. The summed E-state index contributed by atoms with van der Waals surface area (Å²) in [6, 6.07) is 6.08. The topological polar surface area (TPSA) is 93.2 Å². The van der Waals surface area contributed by atoms with E-state index in [9.17, 15) is 9.50 Å². The first kappa shape index (κ1) is 18.9. The van der Waals surface area contributed by atoms with Crippen molar-refractivity contribution >= 4 is 22.6 Å². The predicted octanol–water partition coefficient (Wildman–Crippen LogP) is 3.13. The largest absolute Gasteiger partial charge is 0.393 e. The van der Waals surface area contributed by atoms with E-state index in [-0.39, 0.29) is 18.7 Å². The number of pyridine rings is 1. The maximum Gasteiger partial charge on any atom is 0.241 e. The minimum atomic E-state index is -0.461. The van der Waals surface area contributed by atoms with E-state index in [1.807, 2.05) is 31.3 Å². The van der Waals surface area contributed by atoms with Crippen molar-refractivity contribution in [3.05, 3.63) is 36.4 Å². The summed E-state index contributed by atoms with van der Waals surface area (Å²) in [6.07, 6.45) is 6.93. The zero-order chi connectivity index (χ0) is 20.7. The Morgan fingerprint density at radius 1 is 1.17 bits per heavy atom. The van der Waals surface area contributed by atoms with Gasteiger partial charge in [0.05, 0.1) is 30.1 Å². The number of imidazole rings is 1. The van der Waals surface area contributed by atoms with Gasteiger partial charge in [0.2, 0.25) is 5.95 Å². The number of aryl methyl sites for hydroxylation is 2. The van der Waals surface area contributed by atoms with Gasteiger partial charge in [-0.1, -0.05) is 0 Å². The van der Waals surface area contributed by atoms with Crippen LogP contribution in [0, 0.1) is 6.92 Å². The number of aliphatic hydroxyl groups excluding tert-OH is 1. The quantitative estimate of drug-likeness (QED) is 0.526. The van der Waals surface area contributed by atoms with Gasteiger partial charge in [0.1, 0.15) is 18.0 Å². The maximum absolute atomic E-state index is 13.0. The zero-order valence-corrected chi connectivity index (χ0v) is 16.8. The van der Waals surface area contributed by atoms with Crippen molar-refractivity contribution in [3.8, 4) is 11.3 Å². The fraction of sp³-hybridized carbons (Fsp3) is 0.429. The number of alkyl halides is 1. The summed E-state index contributed by atoms with van der Waals surface area (Å²) in [5.41, 5.74) is 3.97. The van der Waals surface area contributed by atoms with Crippen LogP contribution in [0.15, 0.2) is 30.6 Å². The molecule has 4 heterocycles. The summed E-state index contributed by atoms with van der Waals surface area (Å²) >= 11 is 0. The van der Waals surface area contributed by atoms with Crippen LogP contribution in [0.2, 0.25) is 0 Å². The van der Waals surface area contributed by atoms with Crippen LogP contribution in [0.25, 0.3) is 27.9 Å². The summed E-state index contributed by atoms with van der Waals surface area (Å²) in [5, 5.41) is 17.6. The molecule has 1 aliphatic carbocycles. The predicted molar refractivity (Wildman–Crippen MR) is 112 cm³/mol. The van der Waals surface area contributed by atoms with Crippen molar-refractivity contribution in [3.63, 3.8) is 0 Å². The van der Waals surface area contributed by atoms with Crippen molar-refractivity contribution < 1.29 is 9.50 Å². The van der Waals surface area contributed by atoms with E-state index in [4.69, 9.17) is 4.98 Å². The molecule has 8 nitrogen and oxygen atoms in total. The van der Waals surface area contributed by atoms with Crippen LogP contribution in [0.4, 0.5) is 10.3 Å². The molecule has 0 bridgehead atoms. The highest BCUT2D eigenvalue weighted by Crippen LogP contribution is 2.27. The standard InChI is InChI=1S/C21H24FN7O/c1-13-24-18-7-6-17(26-20(18)28(13)11-9-22)16-8-10-29-19(16)12-23-21(27-29)25-14-2-4-15(30)5-3-14/h6-8,10,12,14-15,30H,2-5,9,11H2,1H3,(H,25,27). The molecule has 1 fully saturated rings. The Bertz CT molecular complexity index is 1190. The Morgan fingerprint density at radius 2 is 2.00 bits per heavy atom. The van der Waals surface area contributed by atoms with Gasteiger partial charge in [0.15, 0.2) is 5.65 Å². The molecule has 1 saturated carbocycles. The Labute approximate surface area is 172 Å². The average Bonchev–Trinajstić information content (AvgIpc) is 3.30. The van der Waals surface area contributed by atoms with Crippen LogP contribution in [-0.4, -0.2) is 53.1 Å². The van der Waals surface area contributed by atoms with E-state index in [2.05, 4.69) is 20.4 Å². The smallest absolute Gasteiger partial charge is 0.241 e. The van der Waals surface area contributed by atoms with E-state index in [0.717, 1.165) is 53.8 Å². The first-order valence-corrected chi connectivity index (χ1v) is 10.3. The van der Waals surface area contributed by atoms with Gasteiger partial charge in [-0.2, -0.15) is 0 Å². The molecule has 0 radical (unpaired) electrons. The summed E-state index contributed by atoms with van der Waals surface area (Å²) in [4.78, 5) is 13.7. The van der Waals surface area contributed by atoms with Gasteiger partial charge < -0.3 is 15.0 Å². The Kier molecular flexibility index (Phi) is 4.82. The molecular formula is C21H24FN7O. The molecule has 4 aromatic heterocycles. The lowest BCUT2D eigenvalue weighted by atomic mass is 9.93. The van der Waals surface area contributed by atoms with Gasteiger partial charge in [0.25, 0.3) is 0 Å². The van der Waals surface area contributed by atoms with E-state index in [0.29, 0.717) is 11.6 Å². The highest BCUT2D eigenvalue weighted by atomic mass is 19.1. The normalized spacial score (nSPS) is 19.6. The lowest BCUT2D eigenvalue weighted by molar-refractivity contribution is 0.126. The zero-order valence-electron chi connectivity index (χ0n) is 16.8. The molecule has 0 unspecified atom stereocenters. The third kappa shape index (κ3) is 3.39. The van der Waals surface area contributed by atoms with Gasteiger partial charge in [-0.3, -0.25) is 0 Å². The van der Waals surface area contributed by atoms with Gasteiger partial charge in [-0.05, 0) is 50.8 Å². The number of nitrogens with zero attached hydrogens (tertiary/aromatic N) is 6. The first-order valence-electron chi connectivity index (χ1n) is 10.3. The van der Waals surface area contributed by atoms with Crippen LogP contribution in [-0.2, 0) is 6.54 Å². The van der Waals surface area contributed by atoms with Crippen LogP contribution < -0.4 is 5.32 Å². The molecule has 30 heavy (non-hydrogen) atoms. The molecule has 0 atom stereocenters. The third-order valence-electron chi connectivity index (χ3n) is 5.81. The molecule has 0 saturated heterocycles. The van der Waals surface area contributed by atoms with Crippen molar-refractivity contribution in [2.24, 2.45) is 0 Å². The number of hydrogen-bond acceptors (Lipinski definition) is 6. The van der Waals surface area contributed by atoms with Crippen molar-refractivity contribution in [1.29, 1.82) is 0 Å². The summed E-state index contributed by atoms with van der Waals surface area (Å²) in [6.45, 7) is 1.64. The molecule has 2 N–H and O–H groups in total. The first-order chi connectivity index (χ1) is 14.6. The molecule has 5 rings (SSSR count). The highest BCUT2D eigenvalue weighted by molar-refractivity contribution is 5.82. The number of nitrogens with one attached hydrogen (secondary N) is 1. The van der Waals surface area contributed by atoms with Crippen LogP contribution in [0.3, 0.4) is 0 Å². The van der Waals surface area contributed by atoms with Crippen LogP contribution in [0.5, 0.6) is 0 Å². The average molecular weight is 409 g/mol. The molecule has 0 spiro atoms. The number of halogens is 1. The van der Waals surface area contributed by atoms with Crippen molar-refractivity contribution in [2.45, 2.75) is 51.3 Å². The number of rotatable bonds is 5. The number of aliphatic hydroxyl groups is 1. The monoisotopic (exact) mass is 409 g/mol. The van der Waals surface area contributed by atoms with Crippen molar-refractivity contribution in [2.75, 3.05) is 12.0 Å². The van der Waals surface area contributed by atoms with Gasteiger partial charge in [-0.15, -0.1) is 5.10 Å². The Hall–Kier alpha value is -3.07. The van der Waals surface area contributed by atoms with Crippen LogP contribution in [0.1, 0.15) is 31.5 Å². The molecule has 0 amide bonds.